The second-order valence-corrected chi connectivity index (χ2v) is 4.76. The van der Waals surface area contributed by atoms with Gasteiger partial charge in [-0.2, -0.15) is 5.10 Å². The second kappa shape index (κ2) is 9.22. The lowest BCUT2D eigenvalue weighted by Crippen LogP contribution is -2.09. The van der Waals surface area contributed by atoms with Crippen LogP contribution in [0.25, 0.3) is 0 Å². The highest BCUT2D eigenvalue weighted by Crippen LogP contribution is 2.08. The fourth-order valence-electron chi connectivity index (χ4n) is 1.82. The van der Waals surface area contributed by atoms with Crippen LogP contribution in [0.5, 0.6) is 0 Å². The van der Waals surface area contributed by atoms with Crippen molar-refractivity contribution in [1.82, 2.24) is 14.8 Å². The predicted molar refractivity (Wildman–Crippen MR) is 88.3 cm³/mol. The zero-order valence-electron chi connectivity index (χ0n) is 12.6. The summed E-state index contributed by atoms with van der Waals surface area (Å²) in [6, 6.07) is 18.6. The first-order chi connectivity index (χ1) is 11.7. The largest absolute Gasteiger partial charge is 0.346 e. The van der Waals surface area contributed by atoms with Gasteiger partial charge in [0.05, 0.1) is 0 Å². The Morgan fingerprint density at radius 1 is 0.958 bits per heavy atom. The monoisotopic (exact) mass is 343 g/mol. The summed E-state index contributed by atoms with van der Waals surface area (Å²) in [5.41, 5.74) is 1.47. The zero-order valence-corrected chi connectivity index (χ0v) is 13.3. The summed E-state index contributed by atoms with van der Waals surface area (Å²) in [6.07, 6.45) is 2.72. The molecule has 0 radical (unpaired) electrons. The molecule has 0 aliphatic heterocycles. The molecule has 0 aliphatic rings. The van der Waals surface area contributed by atoms with Crippen LogP contribution >= 0.6 is 11.9 Å². The molecule has 0 saturated heterocycles. The number of hydrogen-bond donors (Lipinski definition) is 0. The van der Waals surface area contributed by atoms with Crippen molar-refractivity contribution in [3.05, 3.63) is 84.4 Å². The maximum Gasteiger partial charge on any atom is 0.346 e. The zero-order chi connectivity index (χ0) is 17.2. The van der Waals surface area contributed by atoms with Crippen LogP contribution in [-0.2, 0) is 15.6 Å². The molecule has 3 rings (SSSR count). The van der Waals surface area contributed by atoms with Crippen molar-refractivity contribution in [2.45, 2.75) is 6.54 Å². The Hall–Kier alpha value is -2.99. The maximum absolute atomic E-state index is 11.8. The van der Waals surface area contributed by atoms with Crippen molar-refractivity contribution in [3.8, 4) is 0 Å². The number of hydrogen-bond acceptors (Lipinski definition) is 5. The van der Waals surface area contributed by atoms with E-state index < -0.39 is 5.97 Å². The average Bonchev–Trinajstić information content (AvgIpc) is 3.16. The van der Waals surface area contributed by atoms with Crippen LogP contribution in [0.4, 0.5) is 0 Å². The number of rotatable bonds is 4. The highest BCUT2D eigenvalue weighted by molar-refractivity contribution is 6.13. The van der Waals surface area contributed by atoms with Crippen molar-refractivity contribution in [2.75, 3.05) is 0 Å². The Labute approximate surface area is 143 Å². The predicted octanol–water partition coefficient (Wildman–Crippen LogP) is 2.89. The molecule has 1 heterocycles. The number of ketones is 1. The van der Waals surface area contributed by atoms with Gasteiger partial charge in [-0.15, -0.1) is 0 Å². The lowest BCUT2D eigenvalue weighted by molar-refractivity contribution is -0.134. The van der Waals surface area contributed by atoms with E-state index in [2.05, 4.69) is 14.4 Å². The van der Waals surface area contributed by atoms with Gasteiger partial charge in [0.2, 0.25) is 0 Å². The first kappa shape index (κ1) is 17.4. The van der Waals surface area contributed by atoms with E-state index in [0.717, 1.165) is 11.1 Å². The topological polar surface area (TPSA) is 74.1 Å². The molecular formula is C17H14ClN3O3. The Morgan fingerprint density at radius 2 is 1.50 bits per heavy atom. The van der Waals surface area contributed by atoms with Gasteiger partial charge in [0.15, 0.2) is 5.78 Å². The van der Waals surface area contributed by atoms with E-state index in [9.17, 15) is 9.59 Å². The van der Waals surface area contributed by atoms with Crippen molar-refractivity contribution >= 4 is 23.6 Å². The van der Waals surface area contributed by atoms with Gasteiger partial charge < -0.3 is 4.29 Å². The summed E-state index contributed by atoms with van der Waals surface area (Å²) in [6.45, 7) is -0.0104. The minimum atomic E-state index is -0.563. The minimum absolute atomic E-state index is 0.0104. The third kappa shape index (κ3) is 5.33. The fourth-order valence-corrected chi connectivity index (χ4v) is 1.87. The standard InChI is InChI=1S/C13H10O.C4H4ClN3O2/c14-13(11-7-3-1-4-8-11)12-9-5-2-6-10-12;5-10-4(9)1-8-3-6-2-7-8/h1-10H;2-3H,1H2. The van der Waals surface area contributed by atoms with Crippen LogP contribution in [0.2, 0.25) is 0 Å². The van der Waals surface area contributed by atoms with Crippen molar-refractivity contribution in [2.24, 2.45) is 0 Å². The molecule has 0 fully saturated rings. The third-order valence-corrected chi connectivity index (χ3v) is 3.09. The Balaban J connectivity index is 0.000000185. The van der Waals surface area contributed by atoms with Crippen LogP contribution in [0.15, 0.2) is 73.3 Å². The van der Waals surface area contributed by atoms with E-state index in [1.54, 1.807) is 0 Å². The van der Waals surface area contributed by atoms with Gasteiger partial charge in [0, 0.05) is 11.1 Å². The quantitative estimate of drug-likeness (QED) is 0.681. The summed E-state index contributed by atoms with van der Waals surface area (Å²) in [5, 5.41) is 3.65. The van der Waals surface area contributed by atoms with E-state index in [1.165, 1.54) is 17.3 Å². The third-order valence-electron chi connectivity index (χ3n) is 2.92. The van der Waals surface area contributed by atoms with Gasteiger partial charge in [-0.25, -0.2) is 14.5 Å². The highest BCUT2D eigenvalue weighted by atomic mass is 35.5. The van der Waals surface area contributed by atoms with Crippen molar-refractivity contribution in [1.29, 1.82) is 0 Å². The summed E-state index contributed by atoms with van der Waals surface area (Å²) in [4.78, 5) is 25.9. The van der Waals surface area contributed by atoms with Gasteiger partial charge in [-0.05, 0) is 0 Å². The number of benzene rings is 2. The molecule has 2 aromatic carbocycles. The van der Waals surface area contributed by atoms with Gasteiger partial charge in [-0.3, -0.25) is 4.79 Å². The van der Waals surface area contributed by atoms with E-state index in [1.807, 2.05) is 60.7 Å². The Morgan fingerprint density at radius 3 is 1.92 bits per heavy atom. The molecule has 0 spiro atoms. The van der Waals surface area contributed by atoms with Crippen LogP contribution in [-0.4, -0.2) is 26.5 Å². The van der Waals surface area contributed by atoms with Gasteiger partial charge in [-0.1, -0.05) is 60.7 Å². The SMILES string of the molecule is O=C(Cn1cncn1)OCl.O=C(c1ccccc1)c1ccccc1. The molecule has 24 heavy (non-hydrogen) atoms. The number of carbonyl (C=O) groups is 2. The molecule has 0 amide bonds. The molecule has 6 nitrogen and oxygen atoms in total. The van der Waals surface area contributed by atoms with Crippen molar-refractivity contribution in [3.63, 3.8) is 0 Å². The molecule has 0 N–H and O–H groups in total. The first-order valence-corrected chi connectivity index (χ1v) is 7.30. The number of halogens is 1. The molecule has 0 unspecified atom stereocenters. The lowest BCUT2D eigenvalue weighted by Gasteiger charge is -1.99. The normalized spacial score (nSPS) is 9.54. The molecule has 1 aromatic heterocycles. The number of carbonyl (C=O) groups excluding carboxylic acids is 2. The summed E-state index contributed by atoms with van der Waals surface area (Å²) < 4.78 is 5.18. The smallest absolute Gasteiger partial charge is 0.346 e. The lowest BCUT2D eigenvalue weighted by atomic mass is 10.0. The second-order valence-electron chi connectivity index (χ2n) is 4.60. The summed E-state index contributed by atoms with van der Waals surface area (Å²) >= 11 is 4.76. The van der Waals surface area contributed by atoms with Crippen LogP contribution in [0.1, 0.15) is 15.9 Å². The van der Waals surface area contributed by atoms with Crippen molar-refractivity contribution < 1.29 is 13.9 Å². The molecule has 0 saturated carbocycles. The number of nitrogens with zero attached hydrogens (tertiary/aromatic N) is 3. The molecule has 7 heteroatoms. The Bertz CT molecular complexity index is 721. The first-order valence-electron chi connectivity index (χ1n) is 6.99. The molecule has 0 bridgehead atoms. The summed E-state index contributed by atoms with van der Waals surface area (Å²) in [5.74, 6) is -0.488. The van der Waals surface area contributed by atoms with Crippen LogP contribution < -0.4 is 0 Å². The van der Waals surface area contributed by atoms with E-state index >= 15 is 0 Å². The molecule has 0 atom stereocenters. The molecule has 0 aliphatic carbocycles. The number of aromatic nitrogens is 3. The van der Waals surface area contributed by atoms with Crippen LogP contribution in [0, 0.1) is 0 Å². The molecule has 3 aromatic rings. The average molecular weight is 344 g/mol. The van der Waals surface area contributed by atoms with E-state index in [0.29, 0.717) is 0 Å². The Kier molecular flexibility index (Phi) is 6.67. The van der Waals surface area contributed by atoms with E-state index in [4.69, 9.17) is 11.9 Å². The molecule has 122 valence electrons. The maximum atomic E-state index is 11.8. The van der Waals surface area contributed by atoms with Crippen LogP contribution in [0.3, 0.4) is 0 Å². The van der Waals surface area contributed by atoms with Gasteiger partial charge in [0.1, 0.15) is 31.1 Å². The minimum Gasteiger partial charge on any atom is -0.346 e. The van der Waals surface area contributed by atoms with Gasteiger partial charge >= 0.3 is 5.97 Å². The molecular weight excluding hydrogens is 330 g/mol. The fraction of sp³-hybridized carbons (Fsp3) is 0.0588. The van der Waals surface area contributed by atoms with Gasteiger partial charge in [0.25, 0.3) is 0 Å². The highest BCUT2D eigenvalue weighted by Gasteiger charge is 2.06. The van der Waals surface area contributed by atoms with E-state index in [-0.39, 0.29) is 12.3 Å². The summed E-state index contributed by atoms with van der Waals surface area (Å²) in [7, 11) is 0.